The third-order valence-corrected chi connectivity index (χ3v) is 4.66. The van der Waals surface area contributed by atoms with Gasteiger partial charge in [-0.25, -0.2) is 0 Å². The molecule has 2 heteroatoms. The van der Waals surface area contributed by atoms with E-state index in [9.17, 15) is 9.90 Å². The molecule has 0 aliphatic heterocycles. The predicted molar refractivity (Wildman–Crippen MR) is 71.0 cm³/mol. The van der Waals surface area contributed by atoms with Gasteiger partial charge in [-0.15, -0.1) is 0 Å². The minimum Gasteiger partial charge on any atom is -0.384 e. The number of carbonyl (C=O) groups is 1. The summed E-state index contributed by atoms with van der Waals surface area (Å²) in [6.45, 7) is 3.74. The van der Waals surface area contributed by atoms with Crippen molar-refractivity contribution in [3.8, 4) is 0 Å². The first-order valence-electron chi connectivity index (χ1n) is 6.55. The second kappa shape index (κ2) is 3.55. The van der Waals surface area contributed by atoms with Gasteiger partial charge < -0.3 is 5.11 Å². The predicted octanol–water partition coefficient (Wildman–Crippen LogP) is 2.96. The van der Waals surface area contributed by atoms with E-state index in [1.807, 2.05) is 44.2 Å². The molecule has 2 aliphatic carbocycles. The highest BCUT2D eigenvalue weighted by Crippen LogP contribution is 2.57. The van der Waals surface area contributed by atoms with E-state index in [1.165, 1.54) is 0 Å². The summed E-state index contributed by atoms with van der Waals surface area (Å²) in [6.07, 6.45) is 2.52. The van der Waals surface area contributed by atoms with Gasteiger partial charge in [-0.05, 0) is 44.2 Å². The fourth-order valence-electron chi connectivity index (χ4n) is 3.45. The summed E-state index contributed by atoms with van der Waals surface area (Å²) >= 11 is 0. The largest absolute Gasteiger partial charge is 0.384 e. The van der Waals surface area contributed by atoms with Crippen molar-refractivity contribution < 1.29 is 9.90 Å². The van der Waals surface area contributed by atoms with Crippen LogP contribution in [0.4, 0.5) is 0 Å². The van der Waals surface area contributed by atoms with Crippen LogP contribution in [0.1, 0.15) is 38.7 Å². The molecule has 1 N–H and O–H groups in total. The Morgan fingerprint density at radius 2 is 1.83 bits per heavy atom. The maximum Gasteiger partial charge on any atom is 0.172 e. The minimum atomic E-state index is -0.921. The van der Waals surface area contributed by atoms with Crippen molar-refractivity contribution in [2.75, 3.05) is 0 Å². The van der Waals surface area contributed by atoms with Crippen molar-refractivity contribution in [3.63, 3.8) is 0 Å². The SMILES string of the molecule is CC1(C)C(=O)C(c2ccccc2)=C2CCCC21O. The molecule has 3 rings (SSSR count). The summed E-state index contributed by atoms with van der Waals surface area (Å²) in [5.41, 5.74) is 1.06. The number of hydrogen-bond donors (Lipinski definition) is 1. The lowest BCUT2D eigenvalue weighted by atomic mass is 9.74. The third-order valence-electron chi connectivity index (χ3n) is 4.66. The van der Waals surface area contributed by atoms with Gasteiger partial charge in [0.05, 0.1) is 11.0 Å². The molecule has 0 saturated heterocycles. The molecule has 0 bridgehead atoms. The number of rotatable bonds is 1. The van der Waals surface area contributed by atoms with Gasteiger partial charge in [0.15, 0.2) is 5.78 Å². The lowest BCUT2D eigenvalue weighted by Gasteiger charge is -2.34. The van der Waals surface area contributed by atoms with Crippen molar-refractivity contribution >= 4 is 11.4 Å². The van der Waals surface area contributed by atoms with Crippen LogP contribution in [0, 0.1) is 5.41 Å². The number of carbonyl (C=O) groups excluding carboxylic acids is 1. The van der Waals surface area contributed by atoms with E-state index < -0.39 is 11.0 Å². The quantitative estimate of drug-likeness (QED) is 0.822. The van der Waals surface area contributed by atoms with Crippen LogP contribution < -0.4 is 0 Å². The summed E-state index contributed by atoms with van der Waals surface area (Å²) < 4.78 is 0. The first-order valence-corrected chi connectivity index (χ1v) is 6.55. The molecule has 0 spiro atoms. The molecule has 0 heterocycles. The Hall–Kier alpha value is -1.41. The number of benzene rings is 1. The molecule has 0 aromatic heterocycles. The normalized spacial score (nSPS) is 29.8. The van der Waals surface area contributed by atoms with Crippen molar-refractivity contribution in [1.82, 2.24) is 0 Å². The summed E-state index contributed by atoms with van der Waals surface area (Å²) in [4.78, 5) is 12.6. The van der Waals surface area contributed by atoms with Gasteiger partial charge in [0, 0.05) is 5.57 Å². The zero-order valence-corrected chi connectivity index (χ0v) is 10.9. The zero-order valence-electron chi connectivity index (χ0n) is 10.9. The van der Waals surface area contributed by atoms with Crippen LogP contribution in [-0.4, -0.2) is 16.5 Å². The Bertz CT molecular complexity index is 539. The van der Waals surface area contributed by atoms with Gasteiger partial charge >= 0.3 is 0 Å². The highest BCUT2D eigenvalue weighted by molar-refractivity contribution is 6.27. The highest BCUT2D eigenvalue weighted by Gasteiger charge is 2.59. The third kappa shape index (κ3) is 1.24. The maximum absolute atomic E-state index is 12.6. The Morgan fingerprint density at radius 3 is 2.50 bits per heavy atom. The molecular formula is C16H18O2. The van der Waals surface area contributed by atoms with Gasteiger partial charge in [-0.3, -0.25) is 4.79 Å². The Balaban J connectivity index is 2.23. The first kappa shape index (κ1) is 11.7. The van der Waals surface area contributed by atoms with Gasteiger partial charge in [0.2, 0.25) is 0 Å². The van der Waals surface area contributed by atoms with Gasteiger partial charge in [0.25, 0.3) is 0 Å². The van der Waals surface area contributed by atoms with E-state index >= 15 is 0 Å². The Morgan fingerprint density at radius 1 is 1.17 bits per heavy atom. The zero-order chi connectivity index (χ0) is 13.0. The number of ketones is 1. The molecule has 2 nitrogen and oxygen atoms in total. The summed E-state index contributed by atoms with van der Waals surface area (Å²) in [5.74, 6) is 0.0888. The molecule has 2 aliphatic rings. The summed E-state index contributed by atoms with van der Waals surface area (Å²) in [6, 6.07) is 9.74. The monoisotopic (exact) mass is 242 g/mol. The van der Waals surface area contributed by atoms with E-state index in [0.717, 1.165) is 29.6 Å². The van der Waals surface area contributed by atoms with E-state index in [0.29, 0.717) is 6.42 Å². The summed E-state index contributed by atoms with van der Waals surface area (Å²) in [5, 5.41) is 10.9. The van der Waals surface area contributed by atoms with E-state index in [4.69, 9.17) is 0 Å². The molecular weight excluding hydrogens is 224 g/mol. The Labute approximate surface area is 107 Å². The number of hydrogen-bond acceptors (Lipinski definition) is 2. The molecule has 1 unspecified atom stereocenters. The molecule has 1 aromatic carbocycles. The average molecular weight is 242 g/mol. The minimum absolute atomic E-state index is 0.0888. The maximum atomic E-state index is 12.6. The molecule has 1 fully saturated rings. The lowest BCUT2D eigenvalue weighted by molar-refractivity contribution is -0.130. The van der Waals surface area contributed by atoms with Crippen LogP contribution in [0.15, 0.2) is 35.9 Å². The fourth-order valence-corrected chi connectivity index (χ4v) is 3.45. The molecule has 0 radical (unpaired) electrons. The van der Waals surface area contributed by atoms with Crippen molar-refractivity contribution in [3.05, 3.63) is 41.5 Å². The van der Waals surface area contributed by atoms with E-state index in [-0.39, 0.29) is 5.78 Å². The van der Waals surface area contributed by atoms with Crippen molar-refractivity contribution in [1.29, 1.82) is 0 Å². The Kier molecular flexibility index (Phi) is 2.30. The standard InChI is InChI=1S/C16H18O2/c1-15(2)14(17)13(11-7-4-3-5-8-11)12-9-6-10-16(12,15)18/h3-5,7-8,18H,6,9-10H2,1-2H3. The number of allylic oxidation sites excluding steroid dienone is 1. The number of aliphatic hydroxyl groups is 1. The highest BCUT2D eigenvalue weighted by atomic mass is 16.3. The van der Waals surface area contributed by atoms with Crippen LogP contribution in [0.25, 0.3) is 5.57 Å². The van der Waals surface area contributed by atoms with E-state index in [2.05, 4.69) is 0 Å². The second-order valence-electron chi connectivity index (χ2n) is 5.89. The van der Waals surface area contributed by atoms with Gasteiger partial charge in [-0.1, -0.05) is 30.3 Å². The smallest absolute Gasteiger partial charge is 0.172 e. The van der Waals surface area contributed by atoms with Crippen LogP contribution >= 0.6 is 0 Å². The molecule has 1 atom stereocenters. The van der Waals surface area contributed by atoms with Crippen molar-refractivity contribution in [2.24, 2.45) is 5.41 Å². The number of fused-ring (bicyclic) bond motifs is 1. The molecule has 1 aromatic rings. The molecule has 0 amide bonds. The summed E-state index contributed by atoms with van der Waals surface area (Å²) in [7, 11) is 0. The molecule has 1 saturated carbocycles. The topological polar surface area (TPSA) is 37.3 Å². The average Bonchev–Trinajstić information content (AvgIpc) is 2.80. The van der Waals surface area contributed by atoms with E-state index in [1.54, 1.807) is 0 Å². The molecule has 18 heavy (non-hydrogen) atoms. The van der Waals surface area contributed by atoms with Crippen molar-refractivity contribution in [2.45, 2.75) is 38.7 Å². The van der Waals surface area contributed by atoms with Crippen LogP contribution in [-0.2, 0) is 4.79 Å². The van der Waals surface area contributed by atoms with Gasteiger partial charge in [0.1, 0.15) is 0 Å². The fraction of sp³-hybridized carbons (Fsp3) is 0.438. The second-order valence-corrected chi connectivity index (χ2v) is 5.89. The van der Waals surface area contributed by atoms with Crippen LogP contribution in [0.5, 0.6) is 0 Å². The van der Waals surface area contributed by atoms with Gasteiger partial charge in [-0.2, -0.15) is 0 Å². The molecule has 94 valence electrons. The number of Topliss-reactive ketones (excluding diaryl/α,β-unsaturated/α-hetero) is 1. The van der Waals surface area contributed by atoms with Crippen LogP contribution in [0.2, 0.25) is 0 Å². The first-order chi connectivity index (χ1) is 8.48. The lowest BCUT2D eigenvalue weighted by Crippen LogP contribution is -2.43. The van der Waals surface area contributed by atoms with Crippen LogP contribution in [0.3, 0.4) is 0 Å².